The molecular weight excluding hydrogens is 178 g/mol. The molecule has 1 heterocycles. The third kappa shape index (κ3) is 2.58. The zero-order valence-electron chi connectivity index (χ0n) is 7.85. The van der Waals surface area contributed by atoms with Gasteiger partial charge >= 0.3 is 0 Å². The lowest BCUT2D eigenvalue weighted by molar-refractivity contribution is -0.0865. The van der Waals surface area contributed by atoms with Crippen LogP contribution in [0.25, 0.3) is 0 Å². The van der Waals surface area contributed by atoms with Crippen molar-refractivity contribution in [3.05, 3.63) is 42.5 Å². The lowest BCUT2D eigenvalue weighted by Crippen LogP contribution is -2.36. The van der Waals surface area contributed by atoms with Gasteiger partial charge in [-0.05, 0) is 12.1 Å². The molecule has 3 nitrogen and oxygen atoms in total. The minimum absolute atomic E-state index is 0.354. The monoisotopic (exact) mass is 191 g/mol. The molecule has 2 rings (SSSR count). The summed E-state index contributed by atoms with van der Waals surface area (Å²) in [6, 6.07) is 9.64. The maximum atomic E-state index is 5.56. The van der Waals surface area contributed by atoms with E-state index < -0.39 is 0 Å². The van der Waals surface area contributed by atoms with E-state index in [0.29, 0.717) is 6.61 Å². The van der Waals surface area contributed by atoms with Crippen molar-refractivity contribution in [2.24, 2.45) is 0 Å². The molecule has 0 saturated heterocycles. The summed E-state index contributed by atoms with van der Waals surface area (Å²) in [7, 11) is 0. The van der Waals surface area contributed by atoms with Crippen molar-refractivity contribution >= 4 is 0 Å². The van der Waals surface area contributed by atoms with E-state index >= 15 is 0 Å². The molecule has 0 bridgehead atoms. The van der Waals surface area contributed by atoms with Crippen molar-refractivity contribution in [1.82, 2.24) is 5.32 Å². The van der Waals surface area contributed by atoms with Crippen LogP contribution in [0.4, 0.5) is 0 Å². The number of rotatable bonds is 2. The fourth-order valence-electron chi connectivity index (χ4n) is 1.22. The summed E-state index contributed by atoms with van der Waals surface area (Å²) in [5, 5.41) is 3.10. The van der Waals surface area contributed by atoms with Crippen molar-refractivity contribution in [2.45, 2.75) is 6.41 Å². The highest BCUT2D eigenvalue weighted by Gasteiger charge is 2.09. The van der Waals surface area contributed by atoms with Crippen LogP contribution in [0.5, 0.6) is 5.75 Å². The van der Waals surface area contributed by atoms with E-state index in [-0.39, 0.29) is 6.41 Å². The summed E-state index contributed by atoms with van der Waals surface area (Å²) < 4.78 is 10.9. The first-order valence-corrected chi connectivity index (χ1v) is 4.67. The molecule has 74 valence electrons. The maximum Gasteiger partial charge on any atom is 0.260 e. The second kappa shape index (κ2) is 4.79. The smallest absolute Gasteiger partial charge is 0.260 e. The maximum absolute atomic E-state index is 5.56. The topological polar surface area (TPSA) is 30.5 Å². The minimum atomic E-state index is -0.354. The zero-order chi connectivity index (χ0) is 9.64. The van der Waals surface area contributed by atoms with Crippen molar-refractivity contribution < 1.29 is 9.47 Å². The van der Waals surface area contributed by atoms with Crippen molar-refractivity contribution in [3.63, 3.8) is 0 Å². The summed E-state index contributed by atoms with van der Waals surface area (Å²) >= 11 is 0. The second-order valence-electron chi connectivity index (χ2n) is 2.98. The Morgan fingerprint density at radius 3 is 2.93 bits per heavy atom. The normalized spacial score (nSPS) is 21.6. The fraction of sp³-hybridized carbons (Fsp3) is 0.273. The van der Waals surface area contributed by atoms with Crippen LogP contribution in [0.15, 0.2) is 42.5 Å². The van der Waals surface area contributed by atoms with Gasteiger partial charge in [0.05, 0.1) is 6.61 Å². The van der Waals surface area contributed by atoms with E-state index in [9.17, 15) is 0 Å². The van der Waals surface area contributed by atoms with Crippen molar-refractivity contribution in [2.75, 3.05) is 13.2 Å². The summed E-state index contributed by atoms with van der Waals surface area (Å²) in [6.07, 6.45) is 3.64. The van der Waals surface area contributed by atoms with Crippen molar-refractivity contribution in [1.29, 1.82) is 0 Å². The average molecular weight is 191 g/mol. The van der Waals surface area contributed by atoms with E-state index in [1.165, 1.54) is 0 Å². The Bertz CT molecular complexity index is 287. The van der Waals surface area contributed by atoms with E-state index in [1.807, 2.05) is 42.5 Å². The van der Waals surface area contributed by atoms with E-state index in [4.69, 9.17) is 9.47 Å². The Hall–Kier alpha value is -1.32. The first-order valence-electron chi connectivity index (χ1n) is 4.67. The molecule has 0 amide bonds. The van der Waals surface area contributed by atoms with Crippen LogP contribution < -0.4 is 10.1 Å². The zero-order valence-corrected chi connectivity index (χ0v) is 7.85. The molecule has 0 spiro atoms. The van der Waals surface area contributed by atoms with Gasteiger partial charge in [0.15, 0.2) is 0 Å². The first-order chi connectivity index (χ1) is 6.95. The number of hydrogen-bond donors (Lipinski definition) is 1. The molecule has 1 aliphatic rings. The van der Waals surface area contributed by atoms with Gasteiger partial charge in [-0.2, -0.15) is 0 Å². The number of hydrogen-bond acceptors (Lipinski definition) is 3. The lowest BCUT2D eigenvalue weighted by atomic mass is 10.3. The standard InChI is InChI=1S/C11H13NO2/c1-2-6-10(7-3-1)14-11-12-8-4-5-9-13-11/h1-7,11-12H,8-9H2. The molecule has 1 atom stereocenters. The molecule has 1 aromatic carbocycles. The van der Waals surface area contributed by atoms with Gasteiger partial charge in [0, 0.05) is 6.54 Å². The molecular formula is C11H13NO2. The molecule has 0 aromatic heterocycles. The van der Waals surface area contributed by atoms with Crippen LogP contribution in [0.1, 0.15) is 0 Å². The largest absolute Gasteiger partial charge is 0.451 e. The quantitative estimate of drug-likeness (QED) is 0.719. The highest BCUT2D eigenvalue weighted by atomic mass is 16.7. The van der Waals surface area contributed by atoms with Crippen LogP contribution >= 0.6 is 0 Å². The number of nitrogens with one attached hydrogen (secondary N) is 1. The molecule has 3 heteroatoms. The summed E-state index contributed by atoms with van der Waals surface area (Å²) in [5.41, 5.74) is 0. The molecule has 0 aliphatic carbocycles. The van der Waals surface area contributed by atoms with Gasteiger partial charge in [-0.3, -0.25) is 5.32 Å². The summed E-state index contributed by atoms with van der Waals surface area (Å²) in [6.45, 7) is 1.36. The lowest BCUT2D eigenvalue weighted by Gasteiger charge is -2.17. The molecule has 0 fully saturated rings. The molecule has 1 aromatic rings. The second-order valence-corrected chi connectivity index (χ2v) is 2.98. The van der Waals surface area contributed by atoms with Gasteiger partial charge in [0.1, 0.15) is 5.75 Å². The molecule has 0 radical (unpaired) electrons. The van der Waals surface area contributed by atoms with Gasteiger partial charge in [-0.25, -0.2) is 0 Å². The Kier molecular flexibility index (Phi) is 3.16. The summed E-state index contributed by atoms with van der Waals surface area (Å²) in [4.78, 5) is 0. The van der Waals surface area contributed by atoms with Gasteiger partial charge in [0.2, 0.25) is 0 Å². The number of para-hydroxylation sites is 1. The van der Waals surface area contributed by atoms with Gasteiger partial charge in [-0.1, -0.05) is 30.4 Å². The predicted molar refractivity (Wildman–Crippen MR) is 54.0 cm³/mol. The number of benzene rings is 1. The van der Waals surface area contributed by atoms with E-state index in [1.54, 1.807) is 0 Å². The van der Waals surface area contributed by atoms with Crippen LogP contribution in [0.2, 0.25) is 0 Å². The van der Waals surface area contributed by atoms with Crippen molar-refractivity contribution in [3.8, 4) is 5.75 Å². The fourth-order valence-corrected chi connectivity index (χ4v) is 1.22. The van der Waals surface area contributed by atoms with E-state index in [0.717, 1.165) is 12.3 Å². The van der Waals surface area contributed by atoms with Crippen LogP contribution in [-0.4, -0.2) is 19.6 Å². The van der Waals surface area contributed by atoms with Crippen LogP contribution in [0.3, 0.4) is 0 Å². The Labute approximate surface area is 83.3 Å². The predicted octanol–water partition coefficient (Wildman–Crippen LogP) is 1.52. The Morgan fingerprint density at radius 1 is 1.21 bits per heavy atom. The Morgan fingerprint density at radius 2 is 2.07 bits per heavy atom. The van der Waals surface area contributed by atoms with Gasteiger partial charge in [-0.15, -0.1) is 0 Å². The molecule has 14 heavy (non-hydrogen) atoms. The molecule has 1 N–H and O–H groups in total. The van der Waals surface area contributed by atoms with Gasteiger partial charge in [0.25, 0.3) is 6.41 Å². The third-order valence-corrected chi connectivity index (χ3v) is 1.90. The average Bonchev–Trinajstić information content (AvgIpc) is 2.48. The SMILES string of the molecule is C1=CCOC(Oc2ccccc2)NC1. The van der Waals surface area contributed by atoms with Crippen LogP contribution in [-0.2, 0) is 4.74 Å². The molecule has 0 saturated carbocycles. The van der Waals surface area contributed by atoms with Gasteiger partial charge < -0.3 is 9.47 Å². The molecule has 1 unspecified atom stereocenters. The van der Waals surface area contributed by atoms with Crippen LogP contribution in [0, 0.1) is 0 Å². The first kappa shape index (κ1) is 9.24. The Balaban J connectivity index is 1.91. The highest BCUT2D eigenvalue weighted by molar-refractivity contribution is 5.21. The summed E-state index contributed by atoms with van der Waals surface area (Å²) in [5.74, 6) is 0.812. The highest BCUT2D eigenvalue weighted by Crippen LogP contribution is 2.10. The molecule has 1 aliphatic heterocycles. The number of ether oxygens (including phenoxy) is 2. The van der Waals surface area contributed by atoms with E-state index in [2.05, 4.69) is 5.32 Å². The third-order valence-electron chi connectivity index (χ3n) is 1.90. The minimum Gasteiger partial charge on any atom is -0.451 e.